The van der Waals surface area contributed by atoms with Crippen molar-refractivity contribution >= 4 is 10.9 Å². The van der Waals surface area contributed by atoms with Gasteiger partial charge in [0.25, 0.3) is 0 Å². The first kappa shape index (κ1) is 17.2. The molecule has 24 heavy (non-hydrogen) atoms. The van der Waals surface area contributed by atoms with Crippen LogP contribution in [0.25, 0.3) is 10.9 Å². The van der Waals surface area contributed by atoms with E-state index < -0.39 is 0 Å². The molecular weight excluding hydrogens is 302 g/mol. The number of pyridine rings is 1. The second-order valence-corrected chi connectivity index (χ2v) is 6.88. The predicted molar refractivity (Wildman–Crippen MR) is 95.3 cm³/mol. The first-order chi connectivity index (χ1) is 11.7. The fourth-order valence-corrected chi connectivity index (χ4v) is 2.86. The van der Waals surface area contributed by atoms with Gasteiger partial charge in [-0.3, -0.25) is 0 Å². The van der Waals surface area contributed by atoms with Crippen LogP contribution in [-0.4, -0.2) is 29.9 Å². The molecule has 2 aromatic rings. The maximum Gasteiger partial charge on any atom is 0.133 e. The lowest BCUT2D eigenvalue weighted by Crippen LogP contribution is -2.15. The number of hydrogen-bond acceptors (Lipinski definition) is 4. The number of hydrogen-bond donors (Lipinski definition) is 1. The molecule has 3 rings (SSSR count). The molecule has 0 atom stereocenters. The zero-order chi connectivity index (χ0) is 17.0. The lowest BCUT2D eigenvalue weighted by Gasteiger charge is -2.17. The van der Waals surface area contributed by atoms with Crippen LogP contribution in [0.4, 0.5) is 0 Å². The van der Waals surface area contributed by atoms with E-state index in [-0.39, 0.29) is 12.0 Å². The van der Waals surface area contributed by atoms with E-state index in [1.54, 1.807) is 0 Å². The van der Waals surface area contributed by atoms with Crippen molar-refractivity contribution in [2.24, 2.45) is 5.41 Å². The number of aliphatic hydroxyl groups is 1. The number of rotatable bonds is 9. The van der Waals surface area contributed by atoms with Crippen molar-refractivity contribution in [3.05, 3.63) is 35.5 Å². The lowest BCUT2D eigenvalue weighted by molar-refractivity contribution is 0.0498. The van der Waals surface area contributed by atoms with Gasteiger partial charge in [-0.25, -0.2) is 4.98 Å². The van der Waals surface area contributed by atoms with Gasteiger partial charge in [-0.05, 0) is 38.3 Å². The van der Waals surface area contributed by atoms with E-state index in [1.165, 1.54) is 0 Å². The molecule has 1 aliphatic carbocycles. The zero-order valence-electron chi connectivity index (χ0n) is 14.7. The van der Waals surface area contributed by atoms with Crippen molar-refractivity contribution in [2.75, 3.05) is 19.8 Å². The first-order valence-electron chi connectivity index (χ1n) is 8.89. The van der Waals surface area contributed by atoms with Crippen molar-refractivity contribution in [1.82, 2.24) is 4.98 Å². The van der Waals surface area contributed by atoms with Gasteiger partial charge in [0.15, 0.2) is 0 Å². The van der Waals surface area contributed by atoms with Gasteiger partial charge < -0.3 is 14.6 Å². The highest BCUT2D eigenvalue weighted by Gasteiger charge is 2.42. The average Bonchev–Trinajstić information content (AvgIpc) is 3.38. The molecule has 1 heterocycles. The van der Waals surface area contributed by atoms with Crippen LogP contribution in [0.3, 0.4) is 0 Å². The van der Waals surface area contributed by atoms with E-state index >= 15 is 0 Å². The summed E-state index contributed by atoms with van der Waals surface area (Å²) < 4.78 is 11.9. The second-order valence-electron chi connectivity index (χ2n) is 6.88. The summed E-state index contributed by atoms with van der Waals surface area (Å²) in [5.74, 6) is 0.927. The number of fused-ring (bicyclic) bond motifs is 1. The van der Waals surface area contributed by atoms with Crippen molar-refractivity contribution in [2.45, 2.75) is 46.1 Å². The molecule has 4 nitrogen and oxygen atoms in total. The number of aliphatic hydroxyl groups excluding tert-OH is 1. The van der Waals surface area contributed by atoms with Gasteiger partial charge in [0.1, 0.15) is 5.75 Å². The van der Waals surface area contributed by atoms with Gasteiger partial charge in [0.05, 0.1) is 37.6 Å². The zero-order valence-corrected chi connectivity index (χ0v) is 14.7. The van der Waals surface area contributed by atoms with E-state index in [1.807, 2.05) is 18.2 Å². The fourth-order valence-electron chi connectivity index (χ4n) is 2.86. The average molecular weight is 329 g/mol. The Hall–Kier alpha value is -1.65. The van der Waals surface area contributed by atoms with Crippen LogP contribution >= 0.6 is 0 Å². The van der Waals surface area contributed by atoms with Crippen LogP contribution in [0.15, 0.2) is 24.3 Å². The minimum absolute atomic E-state index is 0.00517. The molecule has 0 amide bonds. The summed E-state index contributed by atoms with van der Waals surface area (Å²) >= 11 is 0. The fraction of sp³-hybridized carbons (Fsp3) is 0.550. The Morgan fingerprint density at radius 1 is 1.25 bits per heavy atom. The lowest BCUT2D eigenvalue weighted by atomic mass is 10.1. The standard InChI is InChI=1S/C20H27NO3/c1-3-4-11-24-19-15(2)18(12-23-14-20(13-22)9-10-20)21-17-8-6-5-7-16(17)19/h5-8,22H,3-4,9-14H2,1-2H3. The summed E-state index contributed by atoms with van der Waals surface area (Å²) in [4.78, 5) is 4.76. The molecule has 1 fully saturated rings. The van der Waals surface area contributed by atoms with Crippen molar-refractivity contribution in [1.29, 1.82) is 0 Å². The van der Waals surface area contributed by atoms with Crippen molar-refractivity contribution in [3.8, 4) is 5.75 Å². The number of benzene rings is 1. The molecule has 1 aromatic carbocycles. The number of aromatic nitrogens is 1. The summed E-state index contributed by atoms with van der Waals surface area (Å²) in [6.07, 6.45) is 4.26. The second kappa shape index (κ2) is 7.49. The number of ether oxygens (including phenoxy) is 2. The highest BCUT2D eigenvalue weighted by molar-refractivity contribution is 5.86. The largest absolute Gasteiger partial charge is 0.493 e. The third-order valence-electron chi connectivity index (χ3n) is 4.86. The Morgan fingerprint density at radius 3 is 2.75 bits per heavy atom. The van der Waals surface area contributed by atoms with Crippen LogP contribution in [-0.2, 0) is 11.3 Å². The molecule has 0 radical (unpaired) electrons. The Balaban J connectivity index is 1.80. The van der Waals surface area contributed by atoms with Gasteiger partial charge in [0.2, 0.25) is 0 Å². The number of unbranched alkanes of at least 4 members (excludes halogenated alkanes) is 1. The summed E-state index contributed by atoms with van der Waals surface area (Å²) in [5.41, 5.74) is 2.93. The third-order valence-corrected chi connectivity index (χ3v) is 4.86. The van der Waals surface area contributed by atoms with Crippen LogP contribution in [0.1, 0.15) is 43.9 Å². The van der Waals surface area contributed by atoms with Gasteiger partial charge in [-0.15, -0.1) is 0 Å². The molecule has 1 N–H and O–H groups in total. The molecule has 0 spiro atoms. The highest BCUT2D eigenvalue weighted by atomic mass is 16.5. The molecule has 0 unspecified atom stereocenters. The SMILES string of the molecule is CCCCOc1c(C)c(COCC2(CO)CC2)nc2ccccc12. The van der Waals surface area contributed by atoms with E-state index in [2.05, 4.69) is 19.9 Å². The summed E-state index contributed by atoms with van der Waals surface area (Å²) in [6, 6.07) is 8.09. The van der Waals surface area contributed by atoms with Crippen LogP contribution in [0.2, 0.25) is 0 Å². The molecule has 1 aliphatic rings. The van der Waals surface area contributed by atoms with E-state index in [0.717, 1.165) is 60.2 Å². The molecule has 130 valence electrons. The normalized spacial score (nSPS) is 15.6. The Morgan fingerprint density at radius 2 is 2.04 bits per heavy atom. The maximum atomic E-state index is 9.40. The third kappa shape index (κ3) is 3.70. The highest BCUT2D eigenvalue weighted by Crippen LogP contribution is 2.45. The summed E-state index contributed by atoms with van der Waals surface area (Å²) in [6.45, 7) is 6.21. The van der Waals surface area contributed by atoms with Crippen LogP contribution < -0.4 is 4.74 Å². The van der Waals surface area contributed by atoms with Gasteiger partial charge in [-0.2, -0.15) is 0 Å². The molecule has 0 bridgehead atoms. The van der Waals surface area contributed by atoms with E-state index in [0.29, 0.717) is 13.2 Å². The number of para-hydroxylation sites is 1. The summed E-state index contributed by atoms with van der Waals surface area (Å²) in [7, 11) is 0. The smallest absolute Gasteiger partial charge is 0.133 e. The van der Waals surface area contributed by atoms with Gasteiger partial charge in [-0.1, -0.05) is 25.5 Å². The monoisotopic (exact) mass is 329 g/mol. The van der Waals surface area contributed by atoms with Gasteiger partial charge >= 0.3 is 0 Å². The minimum atomic E-state index is 0.00517. The number of nitrogens with zero attached hydrogens (tertiary/aromatic N) is 1. The molecular formula is C20H27NO3. The predicted octanol–water partition coefficient (Wildman–Crippen LogP) is 4.01. The molecule has 0 saturated heterocycles. The first-order valence-corrected chi connectivity index (χ1v) is 8.89. The summed E-state index contributed by atoms with van der Waals surface area (Å²) in [5, 5.41) is 10.5. The molecule has 0 aliphatic heterocycles. The Kier molecular flexibility index (Phi) is 5.36. The Labute approximate surface area is 143 Å². The van der Waals surface area contributed by atoms with Crippen LogP contribution in [0.5, 0.6) is 5.75 Å². The molecule has 1 saturated carbocycles. The quantitative estimate of drug-likeness (QED) is 0.706. The van der Waals surface area contributed by atoms with E-state index in [4.69, 9.17) is 14.5 Å². The van der Waals surface area contributed by atoms with Crippen LogP contribution in [0, 0.1) is 12.3 Å². The maximum absolute atomic E-state index is 9.40. The van der Waals surface area contributed by atoms with E-state index in [9.17, 15) is 5.11 Å². The van der Waals surface area contributed by atoms with Crippen molar-refractivity contribution < 1.29 is 14.6 Å². The Bertz CT molecular complexity index is 695. The van der Waals surface area contributed by atoms with Crippen molar-refractivity contribution in [3.63, 3.8) is 0 Å². The minimum Gasteiger partial charge on any atom is -0.493 e. The molecule has 1 aromatic heterocycles. The topological polar surface area (TPSA) is 51.6 Å². The van der Waals surface area contributed by atoms with Gasteiger partial charge in [0, 0.05) is 16.4 Å². The molecule has 4 heteroatoms.